The van der Waals surface area contributed by atoms with E-state index in [0.29, 0.717) is 36.3 Å². The molecule has 1 heterocycles. The lowest BCUT2D eigenvalue weighted by Gasteiger charge is -2.25. The largest absolute Gasteiger partial charge is 0.366 e. The third-order valence-corrected chi connectivity index (χ3v) is 9.68. The van der Waals surface area contributed by atoms with Crippen LogP contribution in [0.25, 0.3) is 17.3 Å². The Morgan fingerprint density at radius 1 is 1.25 bits per heavy atom. The highest BCUT2D eigenvalue weighted by Gasteiger charge is 2.62. The van der Waals surface area contributed by atoms with Gasteiger partial charge >= 0.3 is 0 Å². The fourth-order valence-electron chi connectivity index (χ4n) is 5.77. The van der Waals surface area contributed by atoms with Crippen LogP contribution in [0.3, 0.4) is 0 Å². The van der Waals surface area contributed by atoms with E-state index < -0.39 is 15.8 Å². The number of unbranched alkanes of at least 4 members (excludes halogenated alkanes) is 1. The summed E-state index contributed by atoms with van der Waals surface area (Å²) in [5.74, 6) is -1.70. The van der Waals surface area contributed by atoms with Crippen LogP contribution in [-0.2, 0) is 19.6 Å². The average Bonchev–Trinajstić information content (AvgIpc) is 3.83. The lowest BCUT2D eigenvalue weighted by molar-refractivity contribution is -0.191. The molecule has 0 saturated heterocycles. The van der Waals surface area contributed by atoms with Crippen molar-refractivity contribution in [2.24, 2.45) is 10.8 Å². The third kappa shape index (κ3) is 8.43. The summed E-state index contributed by atoms with van der Waals surface area (Å²) in [5.41, 5.74) is 2.03. The van der Waals surface area contributed by atoms with E-state index in [1.165, 1.54) is 19.2 Å². The van der Waals surface area contributed by atoms with Gasteiger partial charge in [-0.15, -0.1) is 0 Å². The Hall–Kier alpha value is -2.89. The van der Waals surface area contributed by atoms with Crippen LogP contribution in [0.2, 0.25) is 0 Å². The van der Waals surface area contributed by atoms with Gasteiger partial charge in [0.2, 0.25) is 21.9 Å². The summed E-state index contributed by atoms with van der Waals surface area (Å²) in [6.45, 7) is 9.92. The highest BCUT2D eigenvalue weighted by Crippen LogP contribution is 2.65. The molecule has 1 amide bonds. The lowest BCUT2D eigenvalue weighted by Crippen LogP contribution is -2.32. The molecule has 0 radical (unpaired) electrons. The zero-order valence-electron chi connectivity index (χ0n) is 27.0. The van der Waals surface area contributed by atoms with E-state index in [4.69, 9.17) is 4.74 Å². The minimum Gasteiger partial charge on any atom is -0.366 e. The van der Waals surface area contributed by atoms with Gasteiger partial charge in [0.25, 0.3) is 0 Å². The Labute approximate surface area is 261 Å². The van der Waals surface area contributed by atoms with Gasteiger partial charge in [0.05, 0.1) is 23.7 Å². The van der Waals surface area contributed by atoms with Gasteiger partial charge in [-0.2, -0.15) is 0 Å². The summed E-state index contributed by atoms with van der Waals surface area (Å²) in [6, 6.07) is 5.97. The van der Waals surface area contributed by atoms with Gasteiger partial charge in [-0.1, -0.05) is 39.3 Å². The van der Waals surface area contributed by atoms with Crippen molar-refractivity contribution in [2.75, 3.05) is 24.2 Å². The first-order valence-electron chi connectivity index (χ1n) is 15.5. The van der Waals surface area contributed by atoms with Crippen LogP contribution in [0.5, 0.6) is 0 Å². The molecule has 2 unspecified atom stereocenters. The maximum atomic E-state index is 13.9. The number of aromatic nitrogens is 2. The molecule has 11 heteroatoms. The Kier molecular flexibility index (Phi) is 9.92. The predicted molar refractivity (Wildman–Crippen MR) is 171 cm³/mol. The summed E-state index contributed by atoms with van der Waals surface area (Å²) in [7, 11) is -2.21. The van der Waals surface area contributed by atoms with Crippen molar-refractivity contribution in [3.63, 3.8) is 0 Å². The number of halogens is 1. The number of anilines is 1. The standard InChI is InChI=1S/C33H47FN4O5S/c1-8-9-18-35-27(39)20-33(19-26(33)43-31(4,5)40)21-32(16-17-32)15-14-25-28(22(2)3)36-30(38(6)44(7,41)42)37-29(25)23-10-12-24(34)13-11-23/h10-15,22,26,40H,8-9,16-21H2,1-7H3,(H,35,39)/b15-14+. The van der Waals surface area contributed by atoms with Gasteiger partial charge in [0, 0.05) is 36.6 Å². The topological polar surface area (TPSA) is 122 Å². The van der Waals surface area contributed by atoms with Crippen molar-refractivity contribution >= 4 is 28.0 Å². The van der Waals surface area contributed by atoms with E-state index in [0.717, 1.165) is 48.2 Å². The van der Waals surface area contributed by atoms with Crippen molar-refractivity contribution < 1.29 is 27.4 Å². The van der Waals surface area contributed by atoms with Crippen molar-refractivity contribution in [3.05, 3.63) is 47.4 Å². The molecule has 1 aromatic heterocycles. The molecule has 1 aromatic carbocycles. The monoisotopic (exact) mass is 630 g/mol. The zero-order valence-corrected chi connectivity index (χ0v) is 27.8. The molecule has 2 atom stereocenters. The molecule has 44 heavy (non-hydrogen) atoms. The van der Waals surface area contributed by atoms with Gasteiger partial charge < -0.3 is 15.2 Å². The number of amides is 1. The second-order valence-electron chi connectivity index (χ2n) is 13.4. The van der Waals surface area contributed by atoms with E-state index in [9.17, 15) is 22.7 Å². The summed E-state index contributed by atoms with van der Waals surface area (Å²) in [6.07, 6.45) is 10.6. The van der Waals surface area contributed by atoms with E-state index in [1.54, 1.807) is 26.0 Å². The number of carbonyl (C=O) groups is 1. The van der Waals surface area contributed by atoms with E-state index in [1.807, 2.05) is 19.9 Å². The molecule has 2 aliphatic rings. The Balaban J connectivity index is 1.71. The molecule has 0 bridgehead atoms. The Bertz CT molecular complexity index is 1480. The average molecular weight is 631 g/mol. The summed E-state index contributed by atoms with van der Waals surface area (Å²) < 4.78 is 45.7. The Morgan fingerprint density at radius 2 is 1.91 bits per heavy atom. The summed E-state index contributed by atoms with van der Waals surface area (Å²) >= 11 is 0. The van der Waals surface area contributed by atoms with Crippen LogP contribution in [0, 0.1) is 16.6 Å². The van der Waals surface area contributed by atoms with E-state index >= 15 is 0 Å². The molecule has 2 aromatic rings. The van der Waals surface area contributed by atoms with Crippen molar-refractivity contribution in [1.82, 2.24) is 15.3 Å². The molecule has 242 valence electrons. The van der Waals surface area contributed by atoms with Crippen LogP contribution in [0.4, 0.5) is 10.3 Å². The minimum atomic E-state index is -3.62. The van der Waals surface area contributed by atoms with Crippen molar-refractivity contribution in [3.8, 4) is 11.3 Å². The number of nitrogens with zero attached hydrogens (tertiary/aromatic N) is 3. The normalized spacial score (nSPS) is 21.1. The number of nitrogens with one attached hydrogen (secondary N) is 1. The highest BCUT2D eigenvalue weighted by atomic mass is 32.2. The van der Waals surface area contributed by atoms with E-state index in [-0.39, 0.29) is 40.5 Å². The lowest BCUT2D eigenvalue weighted by atomic mass is 9.85. The molecule has 9 nitrogen and oxygen atoms in total. The zero-order chi connectivity index (χ0) is 32.5. The van der Waals surface area contributed by atoms with Crippen molar-refractivity contribution in [2.45, 2.75) is 97.4 Å². The molecule has 2 aliphatic carbocycles. The maximum absolute atomic E-state index is 13.9. The van der Waals surface area contributed by atoms with Gasteiger partial charge in [0.15, 0.2) is 5.79 Å². The second-order valence-corrected chi connectivity index (χ2v) is 15.4. The summed E-state index contributed by atoms with van der Waals surface area (Å²) in [5, 5.41) is 13.4. The number of rotatable bonds is 15. The van der Waals surface area contributed by atoms with Crippen LogP contribution in [0.15, 0.2) is 30.3 Å². The number of hydrogen-bond donors (Lipinski definition) is 2. The number of hydrogen-bond acceptors (Lipinski definition) is 7. The highest BCUT2D eigenvalue weighted by molar-refractivity contribution is 7.92. The number of allylic oxidation sites excluding steroid dienone is 1. The second kappa shape index (κ2) is 12.8. The molecule has 0 aliphatic heterocycles. The fraction of sp³-hybridized carbons (Fsp3) is 0.606. The smallest absolute Gasteiger partial charge is 0.239 e. The molecule has 2 fully saturated rings. The molecule has 2 N–H and O–H groups in total. The van der Waals surface area contributed by atoms with Gasteiger partial charge in [-0.25, -0.2) is 27.1 Å². The molecular weight excluding hydrogens is 583 g/mol. The number of ether oxygens (including phenoxy) is 1. The number of sulfonamides is 1. The van der Waals surface area contributed by atoms with Crippen LogP contribution in [-0.4, -0.2) is 61.1 Å². The fourth-order valence-corrected chi connectivity index (χ4v) is 6.14. The molecule has 0 spiro atoms. The van der Waals surface area contributed by atoms with E-state index in [2.05, 4.69) is 28.3 Å². The van der Waals surface area contributed by atoms with Crippen molar-refractivity contribution in [1.29, 1.82) is 0 Å². The molecule has 2 saturated carbocycles. The minimum absolute atomic E-state index is 0.000231. The van der Waals surface area contributed by atoms with Crippen LogP contribution >= 0.6 is 0 Å². The first kappa shape index (κ1) is 34.0. The Morgan fingerprint density at radius 3 is 2.45 bits per heavy atom. The first-order valence-corrected chi connectivity index (χ1v) is 17.3. The van der Waals surface area contributed by atoms with Gasteiger partial charge in [-0.05, 0) is 81.5 Å². The SMILES string of the molecule is CCCCNC(=O)CC1(CC2(/C=C/c3c(-c4ccc(F)cc4)nc(N(C)S(C)(=O)=O)nc3C(C)C)CC2)CC1OC(C)(C)O. The van der Waals surface area contributed by atoms with Gasteiger partial charge in [0.1, 0.15) is 5.82 Å². The van der Waals surface area contributed by atoms with Gasteiger partial charge in [-0.3, -0.25) is 4.79 Å². The maximum Gasteiger partial charge on any atom is 0.239 e. The summed E-state index contributed by atoms with van der Waals surface area (Å²) in [4.78, 5) is 22.3. The number of benzene rings is 1. The first-order chi connectivity index (χ1) is 20.5. The quantitative estimate of drug-likeness (QED) is 0.189. The molecule has 4 rings (SSSR count). The third-order valence-electron chi connectivity index (χ3n) is 8.52. The predicted octanol–water partition coefficient (Wildman–Crippen LogP) is 5.80. The van der Waals surface area contributed by atoms with Crippen LogP contribution in [0.1, 0.15) is 96.7 Å². The number of carbonyl (C=O) groups excluding carboxylic acids is 1. The molecular formula is C33H47FN4O5S. The number of aliphatic hydroxyl groups is 1. The van der Waals surface area contributed by atoms with Crippen LogP contribution < -0.4 is 9.62 Å².